The van der Waals surface area contributed by atoms with Crippen LogP contribution in [0.4, 0.5) is 0 Å². The van der Waals surface area contributed by atoms with E-state index in [0.717, 1.165) is 20.1 Å². The van der Waals surface area contributed by atoms with Crippen LogP contribution in [0.3, 0.4) is 0 Å². The Morgan fingerprint density at radius 3 is 1.88 bits per heavy atom. The Labute approximate surface area is 161 Å². The number of hydrogen-bond donors (Lipinski definition) is 0. The topological polar surface area (TPSA) is 34.1 Å². The van der Waals surface area contributed by atoms with Gasteiger partial charge >= 0.3 is 162 Å². The summed E-state index contributed by atoms with van der Waals surface area (Å²) in [4.78, 5) is 0.772. The Morgan fingerprint density at radius 1 is 0.769 bits per heavy atom. The van der Waals surface area contributed by atoms with Gasteiger partial charge in [0, 0.05) is 0 Å². The van der Waals surface area contributed by atoms with Crippen LogP contribution in [0.2, 0.25) is 0 Å². The van der Waals surface area contributed by atoms with Crippen LogP contribution < -0.4 is 4.46 Å². The summed E-state index contributed by atoms with van der Waals surface area (Å²) in [5.41, 5.74) is 2.01. The third kappa shape index (κ3) is 4.16. The van der Waals surface area contributed by atoms with Gasteiger partial charge in [-0.05, 0) is 0 Å². The maximum atomic E-state index is 13.2. The molecule has 132 valence electrons. The molecule has 3 aromatic rings. The van der Waals surface area contributed by atoms with Crippen LogP contribution >= 0.6 is 0 Å². The first-order valence-corrected chi connectivity index (χ1v) is 11.5. The van der Waals surface area contributed by atoms with Crippen molar-refractivity contribution in [2.24, 2.45) is 0 Å². The summed E-state index contributed by atoms with van der Waals surface area (Å²) in [5, 5.41) is 0. The van der Waals surface area contributed by atoms with Crippen LogP contribution in [0.25, 0.3) is 4.47 Å². The molecule has 3 rings (SSSR count). The first-order chi connectivity index (χ1) is 12.5. The zero-order chi connectivity index (χ0) is 18.6. The van der Waals surface area contributed by atoms with Crippen molar-refractivity contribution in [1.29, 1.82) is 0 Å². The average Bonchev–Trinajstić information content (AvgIpc) is 2.67. The van der Waals surface area contributed by atoms with Gasteiger partial charge in [-0.1, -0.05) is 0 Å². The van der Waals surface area contributed by atoms with Crippen LogP contribution in [0.15, 0.2) is 94.7 Å². The number of allylic oxidation sites excluding steroid dienone is 1. The molecule has 0 spiro atoms. The first kappa shape index (κ1) is 18.7. The predicted molar refractivity (Wildman–Crippen MR) is 109 cm³/mol. The molecule has 0 radical (unpaired) electrons. The molecule has 0 bridgehead atoms. The van der Waals surface area contributed by atoms with Crippen molar-refractivity contribution < 1.29 is 8.42 Å². The van der Waals surface area contributed by atoms with Gasteiger partial charge in [-0.2, -0.15) is 0 Å². The van der Waals surface area contributed by atoms with Crippen LogP contribution in [0.5, 0.6) is 0 Å². The fourth-order valence-electron chi connectivity index (χ4n) is 2.55. The Balaban J connectivity index is 2.13. The van der Waals surface area contributed by atoms with Gasteiger partial charge in [0.15, 0.2) is 0 Å². The molecule has 0 aliphatic carbocycles. The van der Waals surface area contributed by atoms with Gasteiger partial charge in [-0.3, -0.25) is 0 Å². The Morgan fingerprint density at radius 2 is 1.31 bits per heavy atom. The van der Waals surface area contributed by atoms with Crippen LogP contribution in [0.1, 0.15) is 18.1 Å². The SMILES string of the molecule is C/C(=C(\[Se]c1ccccc1)c1ccccc1)S(=O)(=O)c1ccc(C)cc1. The van der Waals surface area contributed by atoms with E-state index >= 15 is 0 Å². The zero-order valence-corrected chi connectivity index (χ0v) is 17.2. The Bertz CT molecular complexity index is 1010. The van der Waals surface area contributed by atoms with E-state index in [1.165, 1.54) is 0 Å². The molecule has 0 fully saturated rings. The summed E-state index contributed by atoms with van der Waals surface area (Å²) in [6.07, 6.45) is 0. The van der Waals surface area contributed by atoms with Crippen molar-refractivity contribution in [3.05, 3.63) is 101 Å². The standard InChI is InChI=1S/C22H20O2SSe/c1-17-13-15-20(16-14-17)25(23,24)18(2)22(19-9-5-3-6-10-19)26-21-11-7-4-8-12-21/h3-16H,1-2H3/b22-18+. The molecule has 2 nitrogen and oxygen atoms in total. The number of aryl methyl sites for hydroxylation is 1. The fraction of sp³-hybridized carbons (Fsp3) is 0.0909. The number of benzene rings is 3. The van der Waals surface area contributed by atoms with Crippen molar-refractivity contribution >= 4 is 33.7 Å². The van der Waals surface area contributed by atoms with Gasteiger partial charge in [-0.25, -0.2) is 0 Å². The minimum atomic E-state index is -3.53. The summed E-state index contributed by atoms with van der Waals surface area (Å²) < 4.78 is 28.4. The normalized spacial score (nSPS) is 12.5. The molecule has 0 unspecified atom stereocenters. The van der Waals surface area contributed by atoms with Crippen molar-refractivity contribution in [2.45, 2.75) is 18.7 Å². The summed E-state index contributed by atoms with van der Waals surface area (Å²) in [7, 11) is -3.53. The molecule has 0 aromatic heterocycles. The maximum absolute atomic E-state index is 13.2. The molecule has 26 heavy (non-hydrogen) atoms. The van der Waals surface area contributed by atoms with Gasteiger partial charge in [0.05, 0.1) is 0 Å². The van der Waals surface area contributed by atoms with Gasteiger partial charge in [0.1, 0.15) is 0 Å². The van der Waals surface area contributed by atoms with Gasteiger partial charge < -0.3 is 0 Å². The van der Waals surface area contributed by atoms with Gasteiger partial charge in [0.25, 0.3) is 0 Å². The molecule has 3 aromatic carbocycles. The van der Waals surface area contributed by atoms with Gasteiger partial charge in [0.2, 0.25) is 0 Å². The van der Waals surface area contributed by atoms with E-state index < -0.39 is 9.84 Å². The molecule has 0 saturated heterocycles. The number of hydrogen-bond acceptors (Lipinski definition) is 2. The van der Waals surface area contributed by atoms with Crippen LogP contribution in [-0.2, 0) is 9.84 Å². The van der Waals surface area contributed by atoms with Crippen molar-refractivity contribution in [2.75, 3.05) is 0 Å². The van der Waals surface area contributed by atoms with Gasteiger partial charge in [-0.15, -0.1) is 0 Å². The molecule has 0 N–H and O–H groups in total. The Hall–Kier alpha value is -2.13. The van der Waals surface area contributed by atoms with Crippen molar-refractivity contribution in [3.63, 3.8) is 0 Å². The van der Waals surface area contributed by atoms with Crippen molar-refractivity contribution in [3.8, 4) is 0 Å². The third-order valence-electron chi connectivity index (χ3n) is 4.05. The minimum absolute atomic E-state index is 0.107. The molecule has 0 aliphatic heterocycles. The monoisotopic (exact) mass is 428 g/mol. The Kier molecular flexibility index (Phi) is 5.77. The summed E-state index contributed by atoms with van der Waals surface area (Å²) >= 11 is -0.107. The van der Waals surface area contributed by atoms with E-state index in [0.29, 0.717) is 9.80 Å². The second-order valence-corrected chi connectivity index (χ2v) is 10.3. The van der Waals surface area contributed by atoms with E-state index in [1.807, 2.05) is 67.6 Å². The van der Waals surface area contributed by atoms with E-state index in [9.17, 15) is 8.42 Å². The molecule has 0 saturated carbocycles. The molecule has 0 atom stereocenters. The molecular formula is C22H20O2SSe. The molecule has 0 amide bonds. The van der Waals surface area contributed by atoms with Crippen LogP contribution in [-0.4, -0.2) is 23.4 Å². The third-order valence-corrected chi connectivity index (χ3v) is 8.88. The summed E-state index contributed by atoms with van der Waals surface area (Å²) in [6, 6.07) is 26.9. The molecule has 0 heterocycles. The molecule has 0 aliphatic rings. The van der Waals surface area contributed by atoms with Crippen molar-refractivity contribution in [1.82, 2.24) is 0 Å². The number of sulfone groups is 1. The average molecular weight is 427 g/mol. The summed E-state index contributed by atoms with van der Waals surface area (Å²) in [6.45, 7) is 3.68. The number of rotatable bonds is 5. The van der Waals surface area contributed by atoms with E-state index in [2.05, 4.69) is 12.1 Å². The second-order valence-electron chi connectivity index (χ2n) is 5.98. The van der Waals surface area contributed by atoms with E-state index in [-0.39, 0.29) is 15.0 Å². The molecule has 4 heteroatoms. The van der Waals surface area contributed by atoms with E-state index in [1.54, 1.807) is 19.1 Å². The first-order valence-electron chi connectivity index (χ1n) is 8.29. The van der Waals surface area contributed by atoms with Crippen LogP contribution in [0, 0.1) is 6.92 Å². The quantitative estimate of drug-likeness (QED) is 0.573. The van der Waals surface area contributed by atoms with E-state index in [4.69, 9.17) is 0 Å². The second kappa shape index (κ2) is 8.05. The molecular weight excluding hydrogens is 407 g/mol. The summed E-state index contributed by atoms with van der Waals surface area (Å²) in [5.74, 6) is 0. The zero-order valence-electron chi connectivity index (χ0n) is 14.7. The predicted octanol–water partition coefficient (Wildman–Crippen LogP) is 4.19. The fourth-order valence-corrected chi connectivity index (χ4v) is 6.61.